The van der Waals surface area contributed by atoms with Crippen LogP contribution in [-0.2, 0) is 32.2 Å². The van der Waals surface area contributed by atoms with Crippen molar-refractivity contribution < 1.29 is 24.1 Å². The molecule has 0 spiro atoms. The van der Waals surface area contributed by atoms with Gasteiger partial charge >= 0.3 is 5.97 Å². The number of hydrogen-bond donors (Lipinski definition) is 1. The van der Waals surface area contributed by atoms with Crippen LogP contribution in [-0.4, -0.2) is 41.2 Å². The average molecular weight is 829 g/mol. The largest absolute Gasteiger partial charge is 0.453 e. The molecule has 0 aliphatic carbocycles. The minimum Gasteiger partial charge on any atom is -0.453 e. The van der Waals surface area contributed by atoms with Crippen LogP contribution in [0.1, 0.15) is 173 Å². The Morgan fingerprint density at radius 3 is 1.53 bits per heavy atom. The molecule has 0 bridgehead atoms. The second-order valence-corrected chi connectivity index (χ2v) is 18.0. The van der Waals surface area contributed by atoms with Crippen molar-refractivity contribution in [3.8, 4) is 0 Å². The Balaban J connectivity index is 1.67. The molecule has 3 aromatic rings. The highest BCUT2D eigenvalue weighted by atomic mass is 32.2. The predicted molar refractivity (Wildman–Crippen MR) is 250 cm³/mol. The molecule has 0 saturated heterocycles. The Kier molecular flexibility index (Phi) is 28.1. The van der Waals surface area contributed by atoms with Crippen LogP contribution in [0.4, 0.5) is 0 Å². The highest BCUT2D eigenvalue weighted by molar-refractivity contribution is 7.99. The van der Waals surface area contributed by atoms with Crippen molar-refractivity contribution in [3.05, 3.63) is 114 Å². The molecule has 59 heavy (non-hydrogen) atoms. The zero-order chi connectivity index (χ0) is 42.0. The summed E-state index contributed by atoms with van der Waals surface area (Å²) in [5, 5.41) is 11.9. The molecule has 0 fully saturated rings. The minimum absolute atomic E-state index is 0.216. The predicted octanol–water partition coefficient (Wildman–Crippen LogP) is 14.8. The van der Waals surface area contributed by atoms with Crippen LogP contribution >= 0.6 is 11.8 Å². The summed E-state index contributed by atoms with van der Waals surface area (Å²) in [5.74, 6) is 0.570. The Morgan fingerprint density at radius 2 is 1.00 bits per heavy atom. The van der Waals surface area contributed by atoms with Gasteiger partial charge in [-0.1, -0.05) is 208 Å². The quantitative estimate of drug-likeness (QED) is 0.0270. The fourth-order valence-electron chi connectivity index (χ4n) is 7.74. The van der Waals surface area contributed by atoms with Crippen molar-refractivity contribution in [2.75, 3.05) is 19.0 Å². The lowest BCUT2D eigenvalue weighted by Crippen LogP contribution is -2.40. The number of unbranched alkanes of at least 4 members (excludes halogenated alkanes) is 16. The highest BCUT2D eigenvalue weighted by Crippen LogP contribution is 2.30. The van der Waals surface area contributed by atoms with Crippen LogP contribution in [0.15, 0.2) is 108 Å². The second-order valence-electron chi connectivity index (χ2n) is 16.8. The van der Waals surface area contributed by atoms with E-state index in [0.717, 1.165) is 61.8 Å². The molecule has 0 radical (unpaired) electrons. The molecule has 5 nitrogen and oxygen atoms in total. The van der Waals surface area contributed by atoms with Gasteiger partial charge in [0.1, 0.15) is 5.60 Å². The normalized spacial score (nSPS) is 13.7. The fourth-order valence-corrected chi connectivity index (χ4v) is 8.62. The topological polar surface area (TPSA) is 65.0 Å². The Morgan fingerprint density at radius 1 is 0.559 bits per heavy atom. The lowest BCUT2D eigenvalue weighted by molar-refractivity contribution is -0.164. The van der Waals surface area contributed by atoms with Gasteiger partial charge in [0.25, 0.3) is 0 Å². The lowest BCUT2D eigenvalue weighted by atomic mass is 9.91. The summed E-state index contributed by atoms with van der Waals surface area (Å²) in [6.45, 7) is 6.01. The number of ether oxygens (including phenoxy) is 3. The van der Waals surface area contributed by atoms with Crippen LogP contribution in [0, 0.1) is 0 Å². The molecule has 3 rings (SSSR count). The van der Waals surface area contributed by atoms with Gasteiger partial charge in [0.2, 0.25) is 0 Å². The fraction of sp³-hybridized carbons (Fsp3) is 0.604. The summed E-state index contributed by atoms with van der Waals surface area (Å²) >= 11 is 1.84. The number of thioether (sulfide) groups is 1. The van der Waals surface area contributed by atoms with E-state index in [1.54, 1.807) is 12.2 Å². The van der Waals surface area contributed by atoms with E-state index in [9.17, 15) is 9.90 Å². The molecule has 3 aromatic carbocycles. The number of benzene rings is 3. The van der Waals surface area contributed by atoms with Gasteiger partial charge < -0.3 is 19.3 Å². The number of rotatable bonds is 37. The Hall–Kier alpha value is -2.90. The first kappa shape index (κ1) is 50.5. The molecule has 0 aliphatic rings. The van der Waals surface area contributed by atoms with Crippen molar-refractivity contribution in [3.63, 3.8) is 0 Å². The summed E-state index contributed by atoms with van der Waals surface area (Å²) in [6, 6.07) is 30.8. The van der Waals surface area contributed by atoms with E-state index in [2.05, 4.69) is 50.2 Å². The van der Waals surface area contributed by atoms with Crippen LogP contribution in [0.5, 0.6) is 0 Å². The molecule has 6 heteroatoms. The maximum Gasteiger partial charge on any atom is 0.331 e. The SMILES string of the molecule is CCCCCCCCCCC[C@@](O)(C/C=C/C(=O)O[C@](CCCCCCCCCCC)(CCCSc1ccccc1)COCc1ccccc1)COCc1ccccc1. The number of esters is 1. The van der Waals surface area contributed by atoms with Crippen LogP contribution in [0.25, 0.3) is 0 Å². The number of hydrogen-bond acceptors (Lipinski definition) is 6. The molecular formula is C53H80O5S. The smallest absolute Gasteiger partial charge is 0.331 e. The van der Waals surface area contributed by atoms with E-state index in [4.69, 9.17) is 14.2 Å². The van der Waals surface area contributed by atoms with Gasteiger partial charge in [-0.25, -0.2) is 4.79 Å². The number of aliphatic hydroxyl groups is 1. The molecule has 0 heterocycles. The summed E-state index contributed by atoms with van der Waals surface area (Å²) in [6.07, 6.45) is 28.8. The van der Waals surface area contributed by atoms with E-state index in [-0.39, 0.29) is 12.6 Å². The summed E-state index contributed by atoms with van der Waals surface area (Å²) in [5.41, 5.74) is 0.390. The van der Waals surface area contributed by atoms with Crippen molar-refractivity contribution in [2.45, 2.75) is 191 Å². The highest BCUT2D eigenvalue weighted by Gasteiger charge is 2.34. The monoisotopic (exact) mass is 829 g/mol. The molecule has 328 valence electrons. The van der Waals surface area contributed by atoms with Crippen molar-refractivity contribution in [1.82, 2.24) is 0 Å². The van der Waals surface area contributed by atoms with Gasteiger partial charge in [-0.15, -0.1) is 11.8 Å². The molecule has 2 atom stereocenters. The standard InChI is InChI=1S/C53H80O5S/c1-3-5-7-9-11-13-15-17-28-39-52(55,46-56-44-48-32-22-19-23-33-48)40-30-38-51(54)58-53(47-57-45-49-34-24-20-25-35-49,41-29-18-16-14-12-10-8-6-4-2)42-31-43-59-50-36-26-21-27-37-50/h19-27,30,32-38,55H,3-18,28-29,31,39-47H2,1-2H3/b38-30+/t52-,53-/m1/s1. The number of carbonyl (C=O) groups is 1. The van der Waals surface area contributed by atoms with E-state index >= 15 is 0 Å². The maximum atomic E-state index is 13.8. The van der Waals surface area contributed by atoms with Gasteiger partial charge in [0, 0.05) is 11.0 Å². The Bertz CT molecular complexity index is 1450. The van der Waals surface area contributed by atoms with E-state index in [0.29, 0.717) is 32.7 Å². The zero-order valence-electron chi connectivity index (χ0n) is 37.1. The van der Waals surface area contributed by atoms with Gasteiger partial charge in [-0.05, 0) is 67.5 Å². The third-order valence-electron chi connectivity index (χ3n) is 11.3. The summed E-state index contributed by atoms with van der Waals surface area (Å²) in [4.78, 5) is 15.1. The minimum atomic E-state index is -1.06. The Labute approximate surface area is 364 Å². The number of carbonyl (C=O) groups excluding carboxylic acids is 1. The molecule has 0 amide bonds. The first-order valence-electron chi connectivity index (χ1n) is 23.5. The van der Waals surface area contributed by atoms with Crippen LogP contribution in [0.2, 0.25) is 0 Å². The van der Waals surface area contributed by atoms with Crippen molar-refractivity contribution in [2.24, 2.45) is 0 Å². The van der Waals surface area contributed by atoms with Crippen molar-refractivity contribution >= 4 is 17.7 Å². The molecular weight excluding hydrogens is 749 g/mol. The van der Waals surface area contributed by atoms with Crippen molar-refractivity contribution in [1.29, 1.82) is 0 Å². The zero-order valence-corrected chi connectivity index (χ0v) is 37.9. The third-order valence-corrected chi connectivity index (χ3v) is 12.4. The first-order valence-corrected chi connectivity index (χ1v) is 24.5. The molecule has 0 aliphatic heterocycles. The van der Waals surface area contributed by atoms with Gasteiger partial charge in [-0.2, -0.15) is 0 Å². The lowest BCUT2D eigenvalue weighted by Gasteiger charge is -2.33. The molecule has 0 unspecified atom stereocenters. The molecule has 1 N–H and O–H groups in total. The van der Waals surface area contributed by atoms with E-state index in [1.165, 1.54) is 94.8 Å². The van der Waals surface area contributed by atoms with E-state index < -0.39 is 11.2 Å². The van der Waals surface area contributed by atoms with Gasteiger partial charge in [0.15, 0.2) is 0 Å². The maximum absolute atomic E-state index is 13.8. The van der Waals surface area contributed by atoms with Crippen LogP contribution < -0.4 is 0 Å². The molecule has 0 saturated carbocycles. The average Bonchev–Trinajstić information content (AvgIpc) is 3.25. The van der Waals surface area contributed by atoms with Crippen LogP contribution in [0.3, 0.4) is 0 Å². The summed E-state index contributed by atoms with van der Waals surface area (Å²) < 4.78 is 19.0. The first-order chi connectivity index (χ1) is 29.0. The van der Waals surface area contributed by atoms with E-state index in [1.807, 2.05) is 66.4 Å². The molecule has 0 aromatic heterocycles. The third kappa shape index (κ3) is 24.8. The van der Waals surface area contributed by atoms with Gasteiger partial charge in [-0.3, -0.25) is 0 Å². The second kappa shape index (κ2) is 32.8. The summed E-state index contributed by atoms with van der Waals surface area (Å²) in [7, 11) is 0. The van der Waals surface area contributed by atoms with Gasteiger partial charge in [0.05, 0.1) is 32.0 Å².